The lowest BCUT2D eigenvalue weighted by Gasteiger charge is -2.27. The molecule has 4 aromatic rings. The van der Waals surface area contributed by atoms with Crippen molar-refractivity contribution in [2.45, 2.75) is 16.7 Å². The topological polar surface area (TPSA) is 114 Å². The zero-order chi connectivity index (χ0) is 27.5. The number of hydrogen-bond donors (Lipinski definition) is 0. The van der Waals surface area contributed by atoms with Crippen LogP contribution in [0.1, 0.15) is 6.92 Å². The van der Waals surface area contributed by atoms with Gasteiger partial charge < -0.3 is 4.74 Å². The number of pyridine rings is 1. The molecule has 0 fully saturated rings. The highest BCUT2D eigenvalue weighted by molar-refractivity contribution is 7.93. The average molecular weight is 562 g/mol. The lowest BCUT2D eigenvalue weighted by molar-refractivity contribution is -0.128. The smallest absolute Gasteiger partial charge is 0.294 e. The minimum Gasteiger partial charge on any atom is -0.445 e. The Morgan fingerprint density at radius 3 is 1.79 bits per heavy atom. The van der Waals surface area contributed by atoms with E-state index in [-0.39, 0.29) is 39.7 Å². The van der Waals surface area contributed by atoms with Gasteiger partial charge in [-0.05, 0) is 55.5 Å². The standard InChI is InChI=1S/C25H21F2N3O6S2/c1-2-29(37(32,33)20-11-7-18(26)8-12-20)24-15-28-25(23-6-4-3-5-22(23)24)30(16-36-17-31)38(34,35)21-13-9-19(27)10-14-21/h3-15,17H,2,16H2,1H3. The molecular formula is C25H21F2N3O6S2. The van der Waals surface area contributed by atoms with Crippen molar-refractivity contribution in [3.05, 3.63) is 90.6 Å². The van der Waals surface area contributed by atoms with Crippen LogP contribution in [0.25, 0.3) is 10.8 Å². The van der Waals surface area contributed by atoms with E-state index >= 15 is 0 Å². The zero-order valence-electron chi connectivity index (χ0n) is 19.9. The minimum absolute atomic E-state index is 0.0173. The molecule has 0 spiro atoms. The molecule has 0 unspecified atom stereocenters. The molecule has 0 saturated carbocycles. The molecule has 1 aromatic heterocycles. The van der Waals surface area contributed by atoms with E-state index in [0.29, 0.717) is 5.39 Å². The van der Waals surface area contributed by atoms with Gasteiger partial charge in [-0.2, -0.15) is 0 Å². The molecule has 13 heteroatoms. The van der Waals surface area contributed by atoms with Crippen molar-refractivity contribution in [2.75, 3.05) is 21.9 Å². The second-order valence-electron chi connectivity index (χ2n) is 7.84. The summed E-state index contributed by atoms with van der Waals surface area (Å²) in [7, 11) is -8.54. The molecule has 1 heterocycles. The van der Waals surface area contributed by atoms with Gasteiger partial charge in [0, 0.05) is 17.3 Å². The van der Waals surface area contributed by atoms with Gasteiger partial charge in [0.15, 0.2) is 12.5 Å². The van der Waals surface area contributed by atoms with Crippen LogP contribution in [0.4, 0.5) is 20.3 Å². The second kappa shape index (κ2) is 10.7. The molecule has 0 amide bonds. The Morgan fingerprint density at radius 2 is 1.29 bits per heavy atom. The molecule has 0 aliphatic carbocycles. The average Bonchev–Trinajstić information content (AvgIpc) is 2.90. The van der Waals surface area contributed by atoms with Crippen molar-refractivity contribution in [2.24, 2.45) is 0 Å². The third kappa shape index (κ3) is 5.02. The van der Waals surface area contributed by atoms with E-state index in [1.54, 1.807) is 25.1 Å². The molecule has 9 nitrogen and oxygen atoms in total. The maximum Gasteiger partial charge on any atom is 0.294 e. The summed E-state index contributed by atoms with van der Waals surface area (Å²) in [6.45, 7) is 0.909. The van der Waals surface area contributed by atoms with Crippen LogP contribution in [-0.2, 0) is 29.6 Å². The molecule has 0 bridgehead atoms. The molecule has 0 radical (unpaired) electrons. The van der Waals surface area contributed by atoms with E-state index in [0.717, 1.165) is 57.1 Å². The van der Waals surface area contributed by atoms with Crippen molar-refractivity contribution in [1.29, 1.82) is 0 Å². The Hall–Kier alpha value is -4.10. The molecule has 0 aliphatic rings. The van der Waals surface area contributed by atoms with Crippen molar-refractivity contribution in [1.82, 2.24) is 4.98 Å². The lowest BCUT2D eigenvalue weighted by atomic mass is 10.1. The number of halogens is 2. The lowest BCUT2D eigenvalue weighted by Crippen LogP contribution is -2.35. The number of fused-ring (bicyclic) bond motifs is 1. The molecule has 0 saturated heterocycles. The van der Waals surface area contributed by atoms with E-state index in [1.807, 2.05) is 0 Å². The number of hydrogen-bond acceptors (Lipinski definition) is 7. The van der Waals surface area contributed by atoms with Crippen molar-refractivity contribution in [3.8, 4) is 0 Å². The van der Waals surface area contributed by atoms with Crippen molar-refractivity contribution >= 4 is 48.8 Å². The quantitative estimate of drug-likeness (QED) is 0.212. The fourth-order valence-corrected chi connectivity index (χ4v) is 6.63. The van der Waals surface area contributed by atoms with Gasteiger partial charge in [0.05, 0.1) is 21.7 Å². The molecule has 0 N–H and O–H groups in total. The van der Waals surface area contributed by atoms with Crippen LogP contribution in [0.2, 0.25) is 0 Å². The molecule has 0 atom stereocenters. The maximum absolute atomic E-state index is 13.5. The van der Waals surface area contributed by atoms with Gasteiger partial charge in [0.1, 0.15) is 11.6 Å². The minimum atomic E-state index is -4.40. The van der Waals surface area contributed by atoms with Crippen LogP contribution in [-0.4, -0.2) is 41.6 Å². The predicted octanol–water partition coefficient (Wildman–Crippen LogP) is 4.05. The first-order valence-corrected chi connectivity index (χ1v) is 14.0. The molecule has 0 aliphatic heterocycles. The highest BCUT2D eigenvalue weighted by atomic mass is 32.2. The molecule has 198 valence electrons. The summed E-state index contributed by atoms with van der Waals surface area (Å²) in [5.41, 5.74) is 0.145. The van der Waals surface area contributed by atoms with E-state index in [9.17, 15) is 30.4 Å². The van der Waals surface area contributed by atoms with Crippen molar-refractivity contribution < 1.29 is 35.1 Å². The Balaban J connectivity index is 1.90. The summed E-state index contributed by atoms with van der Waals surface area (Å²) in [6.07, 6.45) is 1.19. The Labute approximate surface area is 218 Å². The van der Waals surface area contributed by atoms with Gasteiger partial charge in [-0.15, -0.1) is 0 Å². The Kier molecular flexibility index (Phi) is 7.60. The van der Waals surface area contributed by atoms with Crippen LogP contribution in [0, 0.1) is 11.6 Å². The van der Waals surface area contributed by atoms with E-state index < -0.39 is 38.4 Å². The molecular weight excluding hydrogens is 540 g/mol. The number of benzene rings is 3. The maximum atomic E-state index is 13.5. The number of carbonyl (C=O) groups excluding carboxylic acids is 1. The summed E-state index contributed by atoms with van der Waals surface area (Å²) in [6, 6.07) is 14.8. The summed E-state index contributed by atoms with van der Waals surface area (Å²) in [5, 5.41) is 0.563. The summed E-state index contributed by atoms with van der Waals surface area (Å²) in [4.78, 5) is 14.8. The van der Waals surface area contributed by atoms with Gasteiger partial charge in [-0.3, -0.25) is 9.10 Å². The highest BCUT2D eigenvalue weighted by Gasteiger charge is 2.31. The third-order valence-corrected chi connectivity index (χ3v) is 9.24. The van der Waals surface area contributed by atoms with E-state index in [2.05, 4.69) is 4.98 Å². The summed E-state index contributed by atoms with van der Waals surface area (Å²) >= 11 is 0. The van der Waals surface area contributed by atoms with Crippen LogP contribution in [0.3, 0.4) is 0 Å². The zero-order valence-corrected chi connectivity index (χ0v) is 21.5. The fraction of sp³-hybridized carbons (Fsp3) is 0.120. The summed E-state index contributed by atoms with van der Waals surface area (Å²) < 4.78 is 87.2. The van der Waals surface area contributed by atoms with Gasteiger partial charge in [-0.1, -0.05) is 24.3 Å². The summed E-state index contributed by atoms with van der Waals surface area (Å²) in [5.74, 6) is -1.39. The van der Waals surface area contributed by atoms with Crippen LogP contribution in [0.15, 0.2) is 88.8 Å². The van der Waals surface area contributed by atoms with Gasteiger partial charge in [-0.25, -0.2) is 34.9 Å². The molecule has 3 aromatic carbocycles. The van der Waals surface area contributed by atoms with Crippen LogP contribution < -0.4 is 8.61 Å². The number of anilines is 2. The largest absolute Gasteiger partial charge is 0.445 e. The van der Waals surface area contributed by atoms with Crippen LogP contribution >= 0.6 is 0 Å². The molecule has 38 heavy (non-hydrogen) atoms. The normalized spacial score (nSPS) is 11.8. The van der Waals surface area contributed by atoms with Gasteiger partial charge in [0.2, 0.25) is 0 Å². The van der Waals surface area contributed by atoms with Gasteiger partial charge in [0.25, 0.3) is 26.5 Å². The van der Waals surface area contributed by atoms with Crippen LogP contribution in [0.5, 0.6) is 0 Å². The van der Waals surface area contributed by atoms with E-state index in [1.165, 1.54) is 12.3 Å². The second-order valence-corrected chi connectivity index (χ2v) is 11.6. The number of carbonyl (C=O) groups is 1. The monoisotopic (exact) mass is 561 g/mol. The van der Waals surface area contributed by atoms with E-state index in [4.69, 9.17) is 4.74 Å². The fourth-order valence-electron chi connectivity index (χ4n) is 3.84. The Morgan fingerprint density at radius 1 is 0.789 bits per heavy atom. The SMILES string of the molecule is CCN(c1cnc(N(COC=O)S(=O)(=O)c2ccc(F)cc2)c2ccccc12)S(=O)(=O)c1ccc(F)cc1. The first kappa shape index (κ1) is 26.9. The Bertz CT molecular complexity index is 1680. The number of nitrogens with zero attached hydrogens (tertiary/aromatic N) is 3. The number of aromatic nitrogens is 1. The number of ether oxygens (including phenoxy) is 1. The predicted molar refractivity (Wildman–Crippen MR) is 136 cm³/mol. The molecule has 4 rings (SSSR count). The first-order valence-electron chi connectivity index (χ1n) is 11.1. The highest BCUT2D eigenvalue weighted by Crippen LogP contribution is 2.36. The van der Waals surface area contributed by atoms with Gasteiger partial charge >= 0.3 is 0 Å². The number of sulfonamides is 2. The number of rotatable bonds is 10. The third-order valence-electron chi connectivity index (χ3n) is 5.61. The first-order chi connectivity index (χ1) is 18.1. The van der Waals surface area contributed by atoms with Crippen molar-refractivity contribution in [3.63, 3.8) is 0 Å².